The van der Waals surface area contributed by atoms with Gasteiger partial charge in [-0.2, -0.15) is 0 Å². The number of hydrogen-bond acceptors (Lipinski definition) is 3. The molecule has 5 heteroatoms. The van der Waals surface area contributed by atoms with Crippen LogP contribution in [0.1, 0.15) is 15.9 Å². The Morgan fingerprint density at radius 1 is 1.12 bits per heavy atom. The van der Waals surface area contributed by atoms with Gasteiger partial charge in [-0.25, -0.2) is 0 Å². The molecule has 0 fully saturated rings. The number of hydrogen-bond donors (Lipinski definition) is 2. The Balaban J connectivity index is 1.98. The number of benzene rings is 2. The summed E-state index contributed by atoms with van der Waals surface area (Å²) in [7, 11) is 1.76. The van der Waals surface area contributed by atoms with Gasteiger partial charge < -0.3 is 15.5 Å². The summed E-state index contributed by atoms with van der Waals surface area (Å²) in [4.78, 5) is 26.1. The molecule has 0 unspecified atom stereocenters. The van der Waals surface area contributed by atoms with E-state index in [0.29, 0.717) is 24.3 Å². The maximum absolute atomic E-state index is 12.6. The number of carbonyl (C=O) groups excluding carboxylic acids is 2. The van der Waals surface area contributed by atoms with Crippen molar-refractivity contribution >= 4 is 17.5 Å². The summed E-state index contributed by atoms with van der Waals surface area (Å²) in [5, 5.41) is 5.71. The van der Waals surface area contributed by atoms with Gasteiger partial charge in [0.1, 0.15) is 0 Å². The molecule has 2 aromatic rings. The maximum Gasteiger partial charge on any atom is 0.253 e. The van der Waals surface area contributed by atoms with Gasteiger partial charge in [0.15, 0.2) is 0 Å². The van der Waals surface area contributed by atoms with Crippen molar-refractivity contribution in [1.82, 2.24) is 10.2 Å². The Bertz CT molecular complexity index is 729. The van der Waals surface area contributed by atoms with E-state index in [-0.39, 0.29) is 18.4 Å². The topological polar surface area (TPSA) is 61.4 Å². The smallest absolute Gasteiger partial charge is 0.253 e. The lowest BCUT2D eigenvalue weighted by molar-refractivity contribution is -0.115. The van der Waals surface area contributed by atoms with Gasteiger partial charge in [0.05, 0.1) is 6.54 Å². The van der Waals surface area contributed by atoms with Crippen molar-refractivity contribution in [3.8, 4) is 0 Å². The third-order valence-corrected chi connectivity index (χ3v) is 3.58. The molecule has 0 spiro atoms. The average molecular weight is 337 g/mol. The van der Waals surface area contributed by atoms with Crippen LogP contribution in [0.4, 0.5) is 5.69 Å². The molecule has 2 amide bonds. The Labute approximate surface area is 148 Å². The molecule has 0 aliphatic carbocycles. The van der Waals surface area contributed by atoms with Crippen LogP contribution in [0.15, 0.2) is 67.3 Å². The molecule has 0 atom stereocenters. The van der Waals surface area contributed by atoms with Crippen LogP contribution in [-0.2, 0) is 11.3 Å². The third kappa shape index (κ3) is 5.90. The number of carbonyl (C=O) groups is 2. The van der Waals surface area contributed by atoms with E-state index in [4.69, 9.17) is 0 Å². The first kappa shape index (κ1) is 18.4. The minimum Gasteiger partial charge on any atom is -0.337 e. The maximum atomic E-state index is 12.6. The summed E-state index contributed by atoms with van der Waals surface area (Å²) in [5.74, 6) is -0.256. The second kappa shape index (κ2) is 9.39. The molecule has 2 rings (SSSR count). The van der Waals surface area contributed by atoms with E-state index >= 15 is 0 Å². The molecule has 0 aliphatic heterocycles. The second-order valence-electron chi connectivity index (χ2n) is 5.70. The number of nitrogens with zero attached hydrogens (tertiary/aromatic N) is 1. The van der Waals surface area contributed by atoms with E-state index in [0.717, 1.165) is 5.56 Å². The molecular weight excluding hydrogens is 314 g/mol. The van der Waals surface area contributed by atoms with Gasteiger partial charge in [-0.05, 0) is 23.8 Å². The van der Waals surface area contributed by atoms with Crippen LogP contribution in [0.25, 0.3) is 0 Å². The van der Waals surface area contributed by atoms with Crippen molar-refractivity contribution in [1.29, 1.82) is 0 Å². The highest BCUT2D eigenvalue weighted by Gasteiger charge is 2.13. The summed E-state index contributed by atoms with van der Waals surface area (Å²) in [6.07, 6.45) is 1.69. The first-order valence-electron chi connectivity index (χ1n) is 8.11. The molecule has 2 N–H and O–H groups in total. The molecule has 25 heavy (non-hydrogen) atoms. The molecule has 2 aromatic carbocycles. The summed E-state index contributed by atoms with van der Waals surface area (Å²) >= 11 is 0. The van der Waals surface area contributed by atoms with Crippen molar-refractivity contribution in [2.45, 2.75) is 6.54 Å². The minimum atomic E-state index is -0.163. The number of amides is 2. The molecule has 0 heterocycles. The van der Waals surface area contributed by atoms with Crippen LogP contribution in [0.2, 0.25) is 0 Å². The largest absolute Gasteiger partial charge is 0.337 e. The first-order valence-corrected chi connectivity index (χ1v) is 8.11. The summed E-state index contributed by atoms with van der Waals surface area (Å²) in [6.45, 7) is 4.87. The minimum absolute atomic E-state index is 0.0928. The molecule has 0 saturated heterocycles. The van der Waals surface area contributed by atoms with Crippen molar-refractivity contribution in [2.24, 2.45) is 0 Å². The van der Waals surface area contributed by atoms with Crippen molar-refractivity contribution in [3.63, 3.8) is 0 Å². The van der Waals surface area contributed by atoms with Crippen molar-refractivity contribution in [3.05, 3.63) is 78.4 Å². The lowest BCUT2D eigenvalue weighted by Gasteiger charge is -2.18. The fraction of sp³-hybridized carbons (Fsp3) is 0.200. The van der Waals surface area contributed by atoms with Crippen LogP contribution in [0.5, 0.6) is 0 Å². The highest BCUT2D eigenvalue weighted by atomic mass is 16.2. The van der Waals surface area contributed by atoms with Gasteiger partial charge >= 0.3 is 0 Å². The Morgan fingerprint density at radius 3 is 2.60 bits per heavy atom. The molecular formula is C20H23N3O2. The molecule has 0 radical (unpaired) electrons. The average Bonchev–Trinajstić information content (AvgIpc) is 2.62. The van der Waals surface area contributed by atoms with E-state index in [1.54, 1.807) is 42.3 Å². The number of nitrogens with one attached hydrogen (secondary N) is 2. The van der Waals surface area contributed by atoms with Crippen LogP contribution >= 0.6 is 0 Å². The highest BCUT2D eigenvalue weighted by molar-refractivity contribution is 5.97. The fourth-order valence-electron chi connectivity index (χ4n) is 2.37. The fourth-order valence-corrected chi connectivity index (χ4v) is 2.37. The van der Waals surface area contributed by atoms with Gasteiger partial charge in [-0.3, -0.25) is 9.59 Å². The Hall–Kier alpha value is -2.92. The molecule has 0 bridgehead atoms. The number of rotatable bonds is 8. The van der Waals surface area contributed by atoms with Gasteiger partial charge in [0, 0.05) is 31.4 Å². The third-order valence-electron chi connectivity index (χ3n) is 3.58. The van der Waals surface area contributed by atoms with E-state index in [9.17, 15) is 9.59 Å². The van der Waals surface area contributed by atoms with Crippen LogP contribution in [0.3, 0.4) is 0 Å². The standard InChI is InChI=1S/C20H23N3O2/c1-3-12-21-14-19(24)22-18-11-7-10-17(13-18)20(25)23(2)15-16-8-5-4-6-9-16/h3-11,13,21H,1,12,14-15H2,2H3,(H,22,24). The van der Waals surface area contributed by atoms with E-state index < -0.39 is 0 Å². The predicted octanol–water partition coefficient (Wildman–Crippen LogP) is 2.67. The lowest BCUT2D eigenvalue weighted by Crippen LogP contribution is -2.28. The highest BCUT2D eigenvalue weighted by Crippen LogP contribution is 2.14. The SMILES string of the molecule is C=CCNCC(=O)Nc1cccc(C(=O)N(C)Cc2ccccc2)c1. The zero-order valence-electron chi connectivity index (χ0n) is 14.4. The van der Waals surface area contributed by atoms with Crippen LogP contribution < -0.4 is 10.6 Å². The zero-order chi connectivity index (χ0) is 18.1. The second-order valence-corrected chi connectivity index (χ2v) is 5.70. The van der Waals surface area contributed by atoms with E-state index in [1.807, 2.05) is 30.3 Å². The molecule has 0 aliphatic rings. The predicted molar refractivity (Wildman–Crippen MR) is 100 cm³/mol. The Kier molecular flexibility index (Phi) is 6.92. The van der Waals surface area contributed by atoms with Gasteiger partial charge in [-0.15, -0.1) is 6.58 Å². The zero-order valence-corrected chi connectivity index (χ0v) is 14.4. The van der Waals surface area contributed by atoms with Gasteiger partial charge in [0.25, 0.3) is 5.91 Å². The summed E-state index contributed by atoms with van der Waals surface area (Å²) in [6, 6.07) is 16.8. The first-order chi connectivity index (χ1) is 12.1. The van der Waals surface area contributed by atoms with E-state index in [2.05, 4.69) is 17.2 Å². The summed E-state index contributed by atoms with van der Waals surface area (Å²) in [5.41, 5.74) is 2.20. The normalized spacial score (nSPS) is 10.1. The number of anilines is 1. The monoisotopic (exact) mass is 337 g/mol. The molecule has 0 aromatic heterocycles. The van der Waals surface area contributed by atoms with Crippen LogP contribution in [-0.4, -0.2) is 36.9 Å². The van der Waals surface area contributed by atoms with Gasteiger partial charge in [-0.1, -0.05) is 42.5 Å². The van der Waals surface area contributed by atoms with Crippen LogP contribution in [0, 0.1) is 0 Å². The molecule has 5 nitrogen and oxygen atoms in total. The lowest BCUT2D eigenvalue weighted by atomic mass is 10.1. The molecule has 130 valence electrons. The van der Waals surface area contributed by atoms with Crippen molar-refractivity contribution < 1.29 is 9.59 Å². The van der Waals surface area contributed by atoms with Gasteiger partial charge in [0.2, 0.25) is 5.91 Å². The van der Waals surface area contributed by atoms with E-state index in [1.165, 1.54) is 0 Å². The quantitative estimate of drug-likeness (QED) is 0.575. The molecule has 0 saturated carbocycles. The summed E-state index contributed by atoms with van der Waals surface area (Å²) < 4.78 is 0. The van der Waals surface area contributed by atoms with Crippen molar-refractivity contribution in [2.75, 3.05) is 25.5 Å². The Morgan fingerprint density at radius 2 is 1.88 bits per heavy atom.